The Labute approximate surface area is 265 Å². The molecule has 10 rings (SSSR count). The second kappa shape index (κ2) is 9.72. The zero-order valence-corrected chi connectivity index (χ0v) is 24.9. The number of benzene rings is 7. The lowest BCUT2D eigenvalue weighted by Gasteiger charge is -2.29. The lowest BCUT2D eigenvalue weighted by atomic mass is 9.89. The third-order valence-corrected chi connectivity index (χ3v) is 9.61. The molecule has 1 unspecified atom stereocenters. The summed E-state index contributed by atoms with van der Waals surface area (Å²) in [7, 11) is 0. The number of aromatic nitrogens is 1. The molecule has 216 valence electrons. The van der Waals surface area contributed by atoms with Crippen molar-refractivity contribution in [3.05, 3.63) is 174 Å². The van der Waals surface area contributed by atoms with Gasteiger partial charge in [-0.2, -0.15) is 0 Å². The molecule has 3 nitrogen and oxygen atoms in total. The van der Waals surface area contributed by atoms with E-state index in [9.17, 15) is 0 Å². The van der Waals surface area contributed by atoms with E-state index in [4.69, 9.17) is 4.42 Å². The predicted molar refractivity (Wildman–Crippen MR) is 191 cm³/mol. The van der Waals surface area contributed by atoms with Crippen LogP contribution in [0, 0.1) is 0 Å². The van der Waals surface area contributed by atoms with Crippen LogP contribution in [0.1, 0.15) is 28.3 Å². The molecule has 0 radical (unpaired) electrons. The molecule has 0 spiro atoms. The summed E-state index contributed by atoms with van der Waals surface area (Å²) in [4.78, 5) is 0. The Kier molecular flexibility index (Phi) is 5.34. The van der Waals surface area contributed by atoms with E-state index in [1.165, 1.54) is 43.8 Å². The van der Waals surface area contributed by atoms with E-state index in [-0.39, 0.29) is 6.04 Å². The van der Waals surface area contributed by atoms with Gasteiger partial charge in [-0.25, -0.2) is 0 Å². The smallest absolute Gasteiger partial charge is 0.137 e. The van der Waals surface area contributed by atoms with Crippen LogP contribution >= 0.6 is 0 Å². The Balaban J connectivity index is 1.22. The third kappa shape index (κ3) is 3.72. The first kappa shape index (κ1) is 25.3. The largest absolute Gasteiger partial charge is 0.456 e. The van der Waals surface area contributed by atoms with E-state index in [1.54, 1.807) is 0 Å². The SMILES string of the molecule is C1=C(c2cccc(-n3c4cc5oc6ccccc6c5cc4c4c5ccccc5ccc43)c2)NC(c2ccccc2)c2ccccc21. The first-order valence-electron chi connectivity index (χ1n) is 15.8. The van der Waals surface area contributed by atoms with E-state index < -0.39 is 0 Å². The van der Waals surface area contributed by atoms with Crippen LogP contribution in [-0.4, -0.2) is 4.57 Å². The maximum atomic E-state index is 6.41. The van der Waals surface area contributed by atoms with Crippen LogP contribution in [-0.2, 0) is 0 Å². The molecule has 0 fully saturated rings. The first-order chi connectivity index (χ1) is 22.8. The highest BCUT2D eigenvalue weighted by Gasteiger charge is 2.23. The van der Waals surface area contributed by atoms with Gasteiger partial charge in [0.15, 0.2) is 0 Å². The number of fused-ring (bicyclic) bond motifs is 9. The van der Waals surface area contributed by atoms with Gasteiger partial charge < -0.3 is 14.3 Å². The van der Waals surface area contributed by atoms with Gasteiger partial charge in [0.2, 0.25) is 0 Å². The molecule has 0 saturated carbocycles. The van der Waals surface area contributed by atoms with E-state index in [1.807, 2.05) is 6.07 Å². The number of para-hydroxylation sites is 1. The average Bonchev–Trinajstić information content (AvgIpc) is 3.65. The Bertz CT molecular complexity index is 2670. The van der Waals surface area contributed by atoms with Gasteiger partial charge in [-0.3, -0.25) is 0 Å². The molecule has 3 heteroatoms. The lowest BCUT2D eigenvalue weighted by molar-refractivity contribution is 0.669. The van der Waals surface area contributed by atoms with Gasteiger partial charge in [0.25, 0.3) is 0 Å². The Hall–Kier alpha value is -6.06. The van der Waals surface area contributed by atoms with Crippen LogP contribution in [0.25, 0.3) is 72.0 Å². The van der Waals surface area contributed by atoms with Crippen LogP contribution in [0.4, 0.5) is 0 Å². The minimum absolute atomic E-state index is 0.0713. The van der Waals surface area contributed by atoms with Crippen molar-refractivity contribution in [3.63, 3.8) is 0 Å². The fourth-order valence-corrected chi connectivity index (χ4v) is 7.51. The van der Waals surface area contributed by atoms with Gasteiger partial charge >= 0.3 is 0 Å². The Morgan fingerprint density at radius 1 is 0.543 bits per heavy atom. The quantitative estimate of drug-likeness (QED) is 0.223. The normalized spacial score (nSPS) is 14.6. The molecule has 1 atom stereocenters. The minimum Gasteiger partial charge on any atom is -0.456 e. The molecule has 1 aliphatic rings. The Morgan fingerprint density at radius 2 is 1.35 bits per heavy atom. The van der Waals surface area contributed by atoms with Gasteiger partial charge in [-0.15, -0.1) is 0 Å². The summed E-state index contributed by atoms with van der Waals surface area (Å²) in [6.45, 7) is 0. The molecule has 0 aliphatic carbocycles. The molecule has 0 bridgehead atoms. The standard InChI is InChI=1S/C43H28N2O/c1-2-12-28(13-3-1)43-33-18-7-5-14-29(33)24-37(44-43)30-15-10-16-31(23-30)45-38-22-21-27-11-4-6-17-32(27)42(38)36-25-35-34-19-8-9-20-40(34)46-41(35)26-39(36)45/h1-26,43-44H. The number of rotatable bonds is 3. The first-order valence-corrected chi connectivity index (χ1v) is 15.8. The summed E-state index contributed by atoms with van der Waals surface area (Å²) in [6, 6.07) is 54.5. The fourth-order valence-electron chi connectivity index (χ4n) is 7.51. The number of nitrogens with zero attached hydrogens (tertiary/aromatic N) is 1. The van der Waals surface area contributed by atoms with E-state index in [0.29, 0.717) is 0 Å². The molecule has 1 N–H and O–H groups in total. The summed E-state index contributed by atoms with van der Waals surface area (Å²) in [5, 5.41) is 11.2. The zero-order valence-electron chi connectivity index (χ0n) is 24.9. The van der Waals surface area contributed by atoms with Gasteiger partial charge in [-0.1, -0.05) is 115 Å². The third-order valence-electron chi connectivity index (χ3n) is 9.61. The van der Waals surface area contributed by atoms with Gasteiger partial charge in [0.05, 0.1) is 17.1 Å². The highest BCUT2D eigenvalue weighted by Crippen LogP contribution is 2.41. The monoisotopic (exact) mass is 588 g/mol. The van der Waals surface area contributed by atoms with Gasteiger partial charge in [0, 0.05) is 39.0 Å². The molecule has 2 aromatic heterocycles. The van der Waals surface area contributed by atoms with E-state index >= 15 is 0 Å². The van der Waals surface area contributed by atoms with Crippen molar-refractivity contribution in [2.75, 3.05) is 0 Å². The zero-order chi connectivity index (χ0) is 30.2. The summed E-state index contributed by atoms with van der Waals surface area (Å²) in [5.41, 5.74) is 11.3. The van der Waals surface area contributed by atoms with Gasteiger partial charge in [0.1, 0.15) is 11.2 Å². The second-order valence-corrected chi connectivity index (χ2v) is 12.2. The molecule has 3 heterocycles. The van der Waals surface area contributed by atoms with Crippen molar-refractivity contribution < 1.29 is 4.42 Å². The minimum atomic E-state index is 0.0713. The van der Waals surface area contributed by atoms with E-state index in [2.05, 4.69) is 162 Å². The average molecular weight is 589 g/mol. The van der Waals surface area contributed by atoms with Crippen molar-refractivity contribution in [2.24, 2.45) is 0 Å². The van der Waals surface area contributed by atoms with Crippen LogP contribution in [0.2, 0.25) is 0 Å². The van der Waals surface area contributed by atoms with Crippen LogP contribution in [0.3, 0.4) is 0 Å². The lowest BCUT2D eigenvalue weighted by Crippen LogP contribution is -2.25. The maximum absolute atomic E-state index is 6.41. The van der Waals surface area contributed by atoms with Crippen LogP contribution < -0.4 is 5.32 Å². The molecular formula is C43H28N2O. The summed E-state index contributed by atoms with van der Waals surface area (Å²) in [5.74, 6) is 0. The van der Waals surface area contributed by atoms with Crippen molar-refractivity contribution in [1.29, 1.82) is 0 Å². The maximum Gasteiger partial charge on any atom is 0.137 e. The summed E-state index contributed by atoms with van der Waals surface area (Å²) in [6.07, 6.45) is 2.28. The molecule has 9 aromatic rings. The fraction of sp³-hybridized carbons (Fsp3) is 0.0233. The van der Waals surface area contributed by atoms with Crippen molar-refractivity contribution in [3.8, 4) is 5.69 Å². The Morgan fingerprint density at radius 3 is 2.28 bits per heavy atom. The molecule has 46 heavy (non-hydrogen) atoms. The van der Waals surface area contributed by atoms with Crippen molar-refractivity contribution in [2.45, 2.75) is 6.04 Å². The van der Waals surface area contributed by atoms with E-state index in [0.717, 1.165) is 44.4 Å². The number of hydrogen-bond donors (Lipinski definition) is 1. The van der Waals surface area contributed by atoms with Crippen LogP contribution in [0.5, 0.6) is 0 Å². The second-order valence-electron chi connectivity index (χ2n) is 12.2. The topological polar surface area (TPSA) is 30.1 Å². The highest BCUT2D eigenvalue weighted by molar-refractivity contribution is 6.24. The summed E-state index contributed by atoms with van der Waals surface area (Å²) >= 11 is 0. The molecular weight excluding hydrogens is 560 g/mol. The number of hydrogen-bond acceptors (Lipinski definition) is 2. The molecule has 7 aromatic carbocycles. The van der Waals surface area contributed by atoms with Crippen LogP contribution in [0.15, 0.2) is 156 Å². The summed E-state index contributed by atoms with van der Waals surface area (Å²) < 4.78 is 8.81. The number of furan rings is 1. The highest BCUT2D eigenvalue weighted by atomic mass is 16.3. The van der Waals surface area contributed by atoms with Crippen molar-refractivity contribution in [1.82, 2.24) is 9.88 Å². The number of nitrogens with one attached hydrogen (secondary N) is 1. The van der Waals surface area contributed by atoms with Gasteiger partial charge in [-0.05, 0) is 69.4 Å². The molecule has 0 saturated heterocycles. The predicted octanol–water partition coefficient (Wildman–Crippen LogP) is 11.0. The van der Waals surface area contributed by atoms with Crippen molar-refractivity contribution >= 4 is 66.3 Å². The molecule has 0 amide bonds. The molecule has 1 aliphatic heterocycles.